The summed E-state index contributed by atoms with van der Waals surface area (Å²) in [7, 11) is 2.15. The van der Waals surface area contributed by atoms with E-state index in [0.717, 1.165) is 88.8 Å². The van der Waals surface area contributed by atoms with Crippen LogP contribution >= 0.6 is 0 Å². The maximum absolute atomic E-state index is 13.4. The molecular weight excluding hydrogens is 567 g/mol. The summed E-state index contributed by atoms with van der Waals surface area (Å²) in [6, 6.07) is 15.2. The number of halogens is 1. The largest absolute Gasteiger partial charge is 0.480 e. The van der Waals surface area contributed by atoms with Gasteiger partial charge in [-0.2, -0.15) is 0 Å². The molecular formula is C37H55FN4O3. The topological polar surface area (TPSA) is 76.1 Å². The second kappa shape index (κ2) is 16.0. The van der Waals surface area contributed by atoms with E-state index in [1.807, 2.05) is 11.0 Å². The Labute approximate surface area is 270 Å². The second-order valence-corrected chi connectivity index (χ2v) is 14.0. The number of nitrogens with zero attached hydrogens (tertiary/aromatic N) is 3. The van der Waals surface area contributed by atoms with Crippen molar-refractivity contribution in [2.75, 3.05) is 39.8 Å². The van der Waals surface area contributed by atoms with Gasteiger partial charge < -0.3 is 20.2 Å². The molecule has 0 bridgehead atoms. The molecule has 3 aliphatic rings. The SMILES string of the molecule is CCN(C(=O)NC(C)(C)c1ccc(C)cc1)C1CCN(C)CC1.O=C(O)C(C1CCCCC1)N1CCC(c2cccc(F)c2)C1. The molecule has 8 heteroatoms. The minimum absolute atomic E-state index is 0.0487. The fraction of sp³-hybridized carbons (Fsp3) is 0.622. The molecule has 2 N–H and O–H groups in total. The quantitative estimate of drug-likeness (QED) is 0.332. The fourth-order valence-electron chi connectivity index (χ4n) is 7.43. The van der Waals surface area contributed by atoms with Gasteiger partial charge in [-0.15, -0.1) is 0 Å². The van der Waals surface area contributed by atoms with Crippen LogP contribution in [0.3, 0.4) is 0 Å². The fourth-order valence-corrected chi connectivity index (χ4v) is 7.43. The van der Waals surface area contributed by atoms with Gasteiger partial charge in [0.05, 0.1) is 5.54 Å². The number of carboxylic acids is 1. The summed E-state index contributed by atoms with van der Waals surface area (Å²) >= 11 is 0. The van der Waals surface area contributed by atoms with E-state index in [9.17, 15) is 19.1 Å². The predicted molar refractivity (Wildman–Crippen MR) is 179 cm³/mol. The van der Waals surface area contributed by atoms with Crippen LogP contribution in [0.4, 0.5) is 9.18 Å². The number of benzene rings is 2. The molecule has 2 amide bonds. The molecule has 3 fully saturated rings. The number of aryl methyl sites for hydroxylation is 1. The number of rotatable bonds is 8. The lowest BCUT2D eigenvalue weighted by Gasteiger charge is -2.39. The van der Waals surface area contributed by atoms with Crippen molar-refractivity contribution in [3.8, 4) is 0 Å². The highest BCUT2D eigenvalue weighted by Gasteiger charge is 2.38. The smallest absolute Gasteiger partial charge is 0.321 e. The number of carbonyl (C=O) groups excluding carboxylic acids is 1. The van der Waals surface area contributed by atoms with Crippen molar-refractivity contribution in [1.29, 1.82) is 0 Å². The van der Waals surface area contributed by atoms with Gasteiger partial charge in [0.1, 0.15) is 11.9 Å². The van der Waals surface area contributed by atoms with E-state index in [1.54, 1.807) is 12.1 Å². The Morgan fingerprint density at radius 1 is 1.00 bits per heavy atom. The summed E-state index contributed by atoms with van der Waals surface area (Å²) in [5.41, 5.74) is 2.99. The van der Waals surface area contributed by atoms with Crippen LogP contribution in [0.25, 0.3) is 0 Å². The lowest BCUT2D eigenvalue weighted by Crippen LogP contribution is -2.53. The van der Waals surface area contributed by atoms with E-state index < -0.39 is 5.97 Å². The lowest BCUT2D eigenvalue weighted by atomic mass is 9.83. The number of carbonyl (C=O) groups is 2. The van der Waals surface area contributed by atoms with E-state index in [4.69, 9.17) is 0 Å². The Balaban J connectivity index is 0.000000205. The monoisotopic (exact) mass is 622 g/mol. The molecule has 7 nitrogen and oxygen atoms in total. The maximum atomic E-state index is 13.4. The van der Waals surface area contributed by atoms with Crippen LogP contribution in [0.5, 0.6) is 0 Å². The Morgan fingerprint density at radius 2 is 1.67 bits per heavy atom. The second-order valence-electron chi connectivity index (χ2n) is 14.0. The Bertz CT molecular complexity index is 1240. The first-order chi connectivity index (χ1) is 21.5. The van der Waals surface area contributed by atoms with Crippen molar-refractivity contribution in [3.63, 3.8) is 0 Å². The molecule has 5 rings (SSSR count). The molecule has 248 valence electrons. The lowest BCUT2D eigenvalue weighted by molar-refractivity contribution is -0.145. The van der Waals surface area contributed by atoms with E-state index >= 15 is 0 Å². The first kappa shape index (κ1) is 34.9. The van der Waals surface area contributed by atoms with E-state index in [0.29, 0.717) is 6.04 Å². The highest BCUT2D eigenvalue weighted by molar-refractivity contribution is 5.75. The van der Waals surface area contributed by atoms with Gasteiger partial charge in [-0.25, -0.2) is 9.18 Å². The number of aliphatic carboxylic acids is 1. The average molecular weight is 623 g/mol. The van der Waals surface area contributed by atoms with Gasteiger partial charge >= 0.3 is 12.0 Å². The first-order valence-electron chi connectivity index (χ1n) is 17.0. The van der Waals surface area contributed by atoms with Gasteiger partial charge in [0.15, 0.2) is 0 Å². The molecule has 2 aliphatic heterocycles. The molecule has 2 heterocycles. The molecule has 0 radical (unpaired) electrons. The number of urea groups is 1. The van der Waals surface area contributed by atoms with Crippen molar-refractivity contribution in [1.82, 2.24) is 20.0 Å². The normalized spacial score (nSPS) is 21.1. The molecule has 2 aromatic carbocycles. The number of carboxylic acid groups (broad SMARTS) is 1. The number of amides is 2. The molecule has 2 unspecified atom stereocenters. The minimum atomic E-state index is -0.688. The van der Waals surface area contributed by atoms with Crippen LogP contribution in [-0.2, 0) is 10.3 Å². The summed E-state index contributed by atoms with van der Waals surface area (Å²) in [6.07, 6.45) is 8.61. The van der Waals surface area contributed by atoms with Crippen LogP contribution in [-0.4, -0.2) is 83.7 Å². The molecule has 2 atom stereocenters. The molecule has 0 spiro atoms. The van der Waals surface area contributed by atoms with Crippen LogP contribution in [0.2, 0.25) is 0 Å². The van der Waals surface area contributed by atoms with Gasteiger partial charge in [-0.3, -0.25) is 9.69 Å². The van der Waals surface area contributed by atoms with Gasteiger partial charge in [-0.1, -0.05) is 61.2 Å². The zero-order valence-electron chi connectivity index (χ0n) is 28.1. The summed E-state index contributed by atoms with van der Waals surface area (Å²) in [5, 5.41) is 12.9. The van der Waals surface area contributed by atoms with Crippen molar-refractivity contribution in [2.45, 2.75) is 103 Å². The van der Waals surface area contributed by atoms with Gasteiger partial charge in [0.25, 0.3) is 0 Å². The van der Waals surface area contributed by atoms with Crippen molar-refractivity contribution in [3.05, 3.63) is 71.0 Å². The molecule has 45 heavy (non-hydrogen) atoms. The van der Waals surface area contributed by atoms with Gasteiger partial charge in [0.2, 0.25) is 0 Å². The Morgan fingerprint density at radius 3 is 2.27 bits per heavy atom. The third kappa shape index (κ3) is 9.52. The minimum Gasteiger partial charge on any atom is -0.480 e. The summed E-state index contributed by atoms with van der Waals surface area (Å²) < 4.78 is 13.4. The summed E-state index contributed by atoms with van der Waals surface area (Å²) in [6.45, 7) is 12.7. The zero-order chi connectivity index (χ0) is 32.6. The van der Waals surface area contributed by atoms with Crippen LogP contribution in [0.15, 0.2) is 48.5 Å². The van der Waals surface area contributed by atoms with Gasteiger partial charge in [0, 0.05) is 19.1 Å². The zero-order valence-corrected chi connectivity index (χ0v) is 28.1. The highest BCUT2D eigenvalue weighted by atomic mass is 19.1. The molecule has 1 aliphatic carbocycles. The molecule has 2 saturated heterocycles. The maximum Gasteiger partial charge on any atom is 0.321 e. The van der Waals surface area contributed by atoms with Crippen LogP contribution in [0.1, 0.15) is 94.7 Å². The van der Waals surface area contributed by atoms with E-state index in [2.05, 4.69) is 74.1 Å². The molecule has 1 saturated carbocycles. The number of hydrogen-bond acceptors (Lipinski definition) is 4. The molecule has 2 aromatic rings. The summed E-state index contributed by atoms with van der Waals surface area (Å²) in [5.74, 6) is -0.372. The van der Waals surface area contributed by atoms with Crippen molar-refractivity contribution in [2.24, 2.45) is 5.92 Å². The van der Waals surface area contributed by atoms with Crippen molar-refractivity contribution >= 4 is 12.0 Å². The predicted octanol–water partition coefficient (Wildman–Crippen LogP) is 7.00. The highest BCUT2D eigenvalue weighted by Crippen LogP contribution is 2.35. The Hall–Kier alpha value is -2.97. The van der Waals surface area contributed by atoms with Crippen LogP contribution in [0, 0.1) is 18.7 Å². The number of piperidine rings is 1. The standard InChI is InChI=1S/C19H31N3O.C18H24FNO2/c1-6-22(17-11-13-21(5)14-12-17)18(23)20-19(3,4)16-9-7-15(2)8-10-16;19-16-8-4-7-14(11-16)15-9-10-20(12-15)17(18(21)22)13-5-2-1-3-6-13/h7-10,17H,6,11-14H2,1-5H3,(H,20,23);4,7-8,11,13,15,17H,1-3,5-6,9-10,12H2,(H,21,22). The van der Waals surface area contributed by atoms with Crippen molar-refractivity contribution < 1.29 is 19.1 Å². The van der Waals surface area contributed by atoms with E-state index in [-0.39, 0.29) is 35.3 Å². The Kier molecular flexibility index (Phi) is 12.4. The third-order valence-corrected chi connectivity index (χ3v) is 10.2. The first-order valence-corrected chi connectivity index (χ1v) is 17.0. The third-order valence-electron chi connectivity index (χ3n) is 10.2. The number of hydrogen-bond donors (Lipinski definition) is 2. The van der Waals surface area contributed by atoms with Gasteiger partial charge in [-0.05, 0) is 122 Å². The molecule has 0 aromatic heterocycles. The number of likely N-dealkylation sites (tertiary alicyclic amines) is 2. The summed E-state index contributed by atoms with van der Waals surface area (Å²) in [4.78, 5) is 31.0. The van der Waals surface area contributed by atoms with Crippen LogP contribution < -0.4 is 5.32 Å². The average Bonchev–Trinajstić information content (AvgIpc) is 3.49. The number of nitrogens with one attached hydrogen (secondary N) is 1. The van der Waals surface area contributed by atoms with E-state index in [1.165, 1.54) is 18.1 Å².